The Balaban J connectivity index is 1.66. The molecule has 0 spiro atoms. The fourth-order valence-corrected chi connectivity index (χ4v) is 4.06. The Kier molecular flexibility index (Phi) is 4.75. The average molecular weight is 469 g/mol. The number of nitrogens with two attached hydrogens (primary N) is 1. The van der Waals surface area contributed by atoms with Crippen LogP contribution in [-0.2, 0) is 10.0 Å². The van der Waals surface area contributed by atoms with E-state index in [0.29, 0.717) is 27.7 Å². The highest BCUT2D eigenvalue weighted by Crippen LogP contribution is 2.23. The molecule has 0 saturated heterocycles. The zero-order chi connectivity index (χ0) is 23.3. The molecule has 0 unspecified atom stereocenters. The molecule has 33 heavy (non-hydrogen) atoms. The molecule has 0 amide bonds. The number of sulfonamides is 1. The van der Waals surface area contributed by atoms with Gasteiger partial charge < -0.3 is 15.4 Å². The first-order chi connectivity index (χ1) is 15.7. The van der Waals surface area contributed by atoms with Crippen molar-refractivity contribution >= 4 is 33.4 Å². The summed E-state index contributed by atoms with van der Waals surface area (Å²) in [6.45, 7) is 1.65. The lowest BCUT2D eigenvalue weighted by Gasteiger charge is -2.09. The summed E-state index contributed by atoms with van der Waals surface area (Å²) in [6, 6.07) is 4.86. The van der Waals surface area contributed by atoms with Crippen LogP contribution in [0.2, 0.25) is 0 Å². The number of H-pyrrole nitrogens is 2. The minimum Gasteiger partial charge on any atom is -0.493 e. The summed E-state index contributed by atoms with van der Waals surface area (Å²) >= 11 is 0. The van der Waals surface area contributed by atoms with Crippen molar-refractivity contribution in [1.29, 1.82) is 0 Å². The maximum atomic E-state index is 11.9. The van der Waals surface area contributed by atoms with Gasteiger partial charge in [0.05, 0.1) is 17.1 Å². The Hall–Kier alpha value is -4.04. The second kappa shape index (κ2) is 7.53. The van der Waals surface area contributed by atoms with Gasteiger partial charge in [0.25, 0.3) is 5.62 Å². The van der Waals surface area contributed by atoms with Crippen LogP contribution < -0.4 is 27.0 Å². The molecule has 170 valence electrons. The Labute approximate surface area is 185 Å². The quantitative estimate of drug-likeness (QED) is 0.249. The zero-order valence-electron chi connectivity index (χ0n) is 17.3. The van der Waals surface area contributed by atoms with E-state index in [0.717, 1.165) is 12.8 Å². The molecule has 3 aromatic heterocycles. The number of primary sulfonamides is 1. The SMILES string of the molecule is Cc1ccc(Nc2nc(=NC3CC3)n3ncc(=Cc4[nH]c(=O)[nH]c4O)c3n2)cc1S(N)(=O)=O. The Morgan fingerprint density at radius 1 is 1.30 bits per heavy atom. The van der Waals surface area contributed by atoms with Crippen LogP contribution in [0.4, 0.5) is 11.6 Å². The number of hydrogen-bond acceptors (Lipinski definition) is 9. The lowest BCUT2D eigenvalue weighted by atomic mass is 10.2. The lowest BCUT2D eigenvalue weighted by molar-refractivity contribution is 0.454. The molecule has 1 saturated carbocycles. The highest BCUT2D eigenvalue weighted by molar-refractivity contribution is 7.89. The van der Waals surface area contributed by atoms with Crippen LogP contribution >= 0.6 is 0 Å². The molecule has 1 fully saturated rings. The van der Waals surface area contributed by atoms with E-state index in [1.807, 2.05) is 0 Å². The largest absolute Gasteiger partial charge is 0.493 e. The van der Waals surface area contributed by atoms with Gasteiger partial charge in [-0.2, -0.15) is 19.6 Å². The third-order valence-corrected chi connectivity index (χ3v) is 6.06. The number of nitrogens with one attached hydrogen (secondary N) is 3. The summed E-state index contributed by atoms with van der Waals surface area (Å²) in [5, 5.41) is 23.0. The predicted octanol–water partition coefficient (Wildman–Crippen LogP) is -0.843. The standard InChI is InChI=1S/C19H19N9O4S/c1-9-2-3-12(7-14(9)33(20,31)32)22-17-25-15-10(6-13-16(29)26-19(30)24-13)8-21-28(15)18(27-17)23-11-4-5-11/h2-3,6-8,11,29H,4-5H2,1H3,(H2,20,31,32)(H,22,23,27)(H2,24,26,30). The van der Waals surface area contributed by atoms with E-state index in [-0.39, 0.29) is 28.5 Å². The van der Waals surface area contributed by atoms with E-state index >= 15 is 0 Å². The number of rotatable bonds is 5. The summed E-state index contributed by atoms with van der Waals surface area (Å²) in [5.41, 5.74) is 1.23. The number of aryl methyl sites for hydroxylation is 1. The van der Waals surface area contributed by atoms with Crippen molar-refractivity contribution in [3.8, 4) is 5.88 Å². The van der Waals surface area contributed by atoms with E-state index in [4.69, 9.17) is 5.14 Å². The molecular formula is C19H19N9O4S. The van der Waals surface area contributed by atoms with Gasteiger partial charge in [0.2, 0.25) is 21.9 Å². The molecule has 1 aliphatic rings. The maximum Gasteiger partial charge on any atom is 0.326 e. The molecule has 5 rings (SSSR count). The predicted molar refractivity (Wildman–Crippen MR) is 117 cm³/mol. The second-order valence-corrected chi connectivity index (χ2v) is 9.21. The summed E-state index contributed by atoms with van der Waals surface area (Å²) in [4.78, 5) is 29.7. The third-order valence-electron chi connectivity index (χ3n) is 5.01. The van der Waals surface area contributed by atoms with Gasteiger partial charge in [0.1, 0.15) is 5.69 Å². The summed E-state index contributed by atoms with van der Waals surface area (Å²) in [7, 11) is -3.91. The molecule has 1 aliphatic carbocycles. The van der Waals surface area contributed by atoms with Crippen molar-refractivity contribution in [3.05, 3.63) is 57.0 Å². The zero-order valence-corrected chi connectivity index (χ0v) is 18.1. The van der Waals surface area contributed by atoms with Crippen molar-refractivity contribution in [2.45, 2.75) is 30.7 Å². The van der Waals surface area contributed by atoms with Crippen molar-refractivity contribution in [2.24, 2.45) is 10.1 Å². The average Bonchev–Trinajstić information content (AvgIpc) is 3.37. The van der Waals surface area contributed by atoms with Crippen LogP contribution in [0.1, 0.15) is 24.1 Å². The molecule has 0 bridgehead atoms. The van der Waals surface area contributed by atoms with Crippen LogP contribution in [0, 0.1) is 6.92 Å². The van der Waals surface area contributed by atoms with Crippen LogP contribution in [0.15, 0.2) is 39.1 Å². The van der Waals surface area contributed by atoms with Gasteiger partial charge in [-0.05, 0) is 43.5 Å². The fourth-order valence-electron chi connectivity index (χ4n) is 3.25. The van der Waals surface area contributed by atoms with Gasteiger partial charge in [0, 0.05) is 10.9 Å². The number of benzene rings is 1. The Morgan fingerprint density at radius 2 is 2.09 bits per heavy atom. The van der Waals surface area contributed by atoms with E-state index in [1.54, 1.807) is 19.1 Å². The van der Waals surface area contributed by atoms with Gasteiger partial charge >= 0.3 is 5.69 Å². The normalized spacial score (nSPS) is 15.5. The molecule has 1 aromatic carbocycles. The number of aromatic hydroxyl groups is 1. The third kappa shape index (κ3) is 4.20. The monoisotopic (exact) mass is 469 g/mol. The molecule has 6 N–H and O–H groups in total. The molecule has 0 atom stereocenters. The highest BCUT2D eigenvalue weighted by Gasteiger charge is 2.21. The summed E-state index contributed by atoms with van der Waals surface area (Å²) < 4.78 is 25.2. The second-order valence-electron chi connectivity index (χ2n) is 7.68. The van der Waals surface area contributed by atoms with Gasteiger partial charge in [-0.3, -0.25) is 4.98 Å². The molecule has 3 heterocycles. The number of imidazole rings is 1. The summed E-state index contributed by atoms with van der Waals surface area (Å²) in [6.07, 6.45) is 4.92. The number of nitrogens with zero attached hydrogens (tertiary/aromatic N) is 5. The summed E-state index contributed by atoms with van der Waals surface area (Å²) in [5.74, 6) is -0.155. The first-order valence-corrected chi connectivity index (χ1v) is 11.4. The Bertz CT molecular complexity index is 1680. The number of hydrogen-bond donors (Lipinski definition) is 5. The molecule has 4 aromatic rings. The number of anilines is 2. The van der Waals surface area contributed by atoms with Crippen LogP contribution in [0.25, 0.3) is 11.7 Å². The van der Waals surface area contributed by atoms with Crippen LogP contribution in [0.5, 0.6) is 5.88 Å². The maximum absolute atomic E-state index is 11.9. The van der Waals surface area contributed by atoms with Crippen molar-refractivity contribution in [1.82, 2.24) is 29.5 Å². The van der Waals surface area contributed by atoms with Gasteiger partial charge in [-0.1, -0.05) is 6.07 Å². The first-order valence-electron chi connectivity index (χ1n) is 9.90. The lowest BCUT2D eigenvalue weighted by Crippen LogP contribution is -2.24. The van der Waals surface area contributed by atoms with Crippen LogP contribution in [-0.4, -0.2) is 49.1 Å². The smallest absolute Gasteiger partial charge is 0.326 e. The van der Waals surface area contributed by atoms with Crippen molar-refractivity contribution < 1.29 is 13.5 Å². The topological polar surface area (TPSA) is 197 Å². The van der Waals surface area contributed by atoms with E-state index in [1.165, 1.54) is 22.9 Å². The van der Waals surface area contributed by atoms with E-state index in [2.05, 4.69) is 35.3 Å². The van der Waals surface area contributed by atoms with Crippen molar-refractivity contribution in [2.75, 3.05) is 5.32 Å². The van der Waals surface area contributed by atoms with E-state index in [9.17, 15) is 18.3 Å². The van der Waals surface area contributed by atoms with Gasteiger partial charge in [-0.25, -0.2) is 23.3 Å². The van der Waals surface area contributed by atoms with Gasteiger partial charge in [0.15, 0.2) is 5.65 Å². The van der Waals surface area contributed by atoms with Crippen LogP contribution in [0.3, 0.4) is 0 Å². The number of fused-ring (bicyclic) bond motifs is 1. The minimum absolute atomic E-state index is 0.0123. The van der Waals surface area contributed by atoms with Crippen molar-refractivity contribution in [3.63, 3.8) is 0 Å². The highest BCUT2D eigenvalue weighted by atomic mass is 32.2. The minimum atomic E-state index is -3.91. The number of aromatic amines is 2. The van der Waals surface area contributed by atoms with Gasteiger partial charge in [-0.15, -0.1) is 0 Å². The molecule has 14 heteroatoms. The number of aromatic nitrogens is 6. The Morgan fingerprint density at radius 3 is 2.76 bits per heavy atom. The molecule has 13 nitrogen and oxygen atoms in total. The molecule has 0 aliphatic heterocycles. The first kappa shape index (κ1) is 20.8. The fraction of sp³-hybridized carbons (Fsp3) is 0.211. The molecule has 0 radical (unpaired) electrons. The van der Waals surface area contributed by atoms with E-state index < -0.39 is 15.7 Å². The molecular weight excluding hydrogens is 450 g/mol.